The van der Waals surface area contributed by atoms with Crippen LogP contribution in [-0.2, 0) is 27.4 Å². The van der Waals surface area contributed by atoms with E-state index in [-0.39, 0.29) is 17.9 Å². The second kappa shape index (κ2) is 15.8. The number of morpholine rings is 1. The van der Waals surface area contributed by atoms with Crippen molar-refractivity contribution in [3.8, 4) is 0 Å². The number of nitrogens with zero attached hydrogens (tertiary/aromatic N) is 5. The summed E-state index contributed by atoms with van der Waals surface area (Å²) in [5.74, 6) is -0.153. The Balaban J connectivity index is 1.03. The second-order valence-electron chi connectivity index (χ2n) is 12.4. The molecule has 0 aliphatic carbocycles. The summed E-state index contributed by atoms with van der Waals surface area (Å²) in [6.07, 6.45) is 3.35. The SMILES string of the molecule is O=C(Nc1ccc(C2SC(=Nc3ccc(N4CCOCC4)cc3)N(Cc3ccccn3)C2=O)cc1)[C@@H]1CCCN1C(=S)NCc1ccccc1. The number of likely N-dealkylation sites (tertiary alicyclic amines) is 1. The number of hydrogen-bond donors (Lipinski definition) is 2. The van der Waals surface area contributed by atoms with Crippen LogP contribution in [-0.4, -0.2) is 75.8 Å². The molecule has 4 aromatic rings. The summed E-state index contributed by atoms with van der Waals surface area (Å²) in [5.41, 5.74) is 5.33. The van der Waals surface area contributed by atoms with E-state index in [0.717, 1.165) is 73.9 Å². The topological polar surface area (TPSA) is 102 Å². The van der Waals surface area contributed by atoms with Crippen LogP contribution in [0.15, 0.2) is 108 Å². The van der Waals surface area contributed by atoms with Crippen molar-refractivity contribution in [2.45, 2.75) is 37.2 Å². The highest BCUT2D eigenvalue weighted by Gasteiger charge is 2.39. The van der Waals surface area contributed by atoms with Gasteiger partial charge in [-0.05, 0) is 84.7 Å². The third-order valence-electron chi connectivity index (χ3n) is 9.03. The first-order valence-electron chi connectivity index (χ1n) is 16.9. The number of anilines is 2. The molecule has 3 aliphatic heterocycles. The molecule has 0 bridgehead atoms. The first-order chi connectivity index (χ1) is 24.5. The molecule has 2 amide bonds. The molecule has 10 nitrogen and oxygen atoms in total. The molecule has 2 atom stereocenters. The molecule has 7 rings (SSSR count). The number of amidine groups is 1. The number of amides is 2. The highest BCUT2D eigenvalue weighted by atomic mass is 32.2. The van der Waals surface area contributed by atoms with Crippen molar-refractivity contribution in [1.29, 1.82) is 0 Å². The van der Waals surface area contributed by atoms with Crippen LogP contribution in [0.5, 0.6) is 0 Å². The molecule has 50 heavy (non-hydrogen) atoms. The van der Waals surface area contributed by atoms with Crippen molar-refractivity contribution in [3.05, 3.63) is 120 Å². The van der Waals surface area contributed by atoms with Gasteiger partial charge in [-0.1, -0.05) is 60.3 Å². The lowest BCUT2D eigenvalue weighted by atomic mass is 10.1. The Kier molecular flexibility index (Phi) is 10.7. The number of hydrogen-bond acceptors (Lipinski definition) is 8. The molecule has 1 unspecified atom stereocenters. The summed E-state index contributed by atoms with van der Waals surface area (Å²) in [7, 11) is 0. The highest BCUT2D eigenvalue weighted by molar-refractivity contribution is 8.15. The molecule has 0 saturated carbocycles. The maximum atomic E-state index is 13.9. The average Bonchev–Trinajstić information content (AvgIpc) is 3.78. The number of thiocarbonyl (C=S) groups is 1. The zero-order valence-electron chi connectivity index (χ0n) is 27.6. The Morgan fingerprint density at radius 3 is 2.44 bits per heavy atom. The van der Waals surface area contributed by atoms with Gasteiger partial charge in [0, 0.05) is 43.8 Å². The summed E-state index contributed by atoms with van der Waals surface area (Å²) in [5, 5.41) is 7.10. The van der Waals surface area contributed by atoms with Gasteiger partial charge in [0.05, 0.1) is 31.1 Å². The van der Waals surface area contributed by atoms with Crippen LogP contribution in [0.25, 0.3) is 0 Å². The number of ether oxygens (including phenoxy) is 1. The average molecular weight is 706 g/mol. The van der Waals surface area contributed by atoms with E-state index in [1.165, 1.54) is 11.8 Å². The van der Waals surface area contributed by atoms with Crippen LogP contribution in [0, 0.1) is 0 Å². The third kappa shape index (κ3) is 7.99. The Labute approximate surface area is 301 Å². The Hall–Kier alpha value is -4.78. The molecule has 3 aromatic carbocycles. The van der Waals surface area contributed by atoms with Gasteiger partial charge in [0.25, 0.3) is 0 Å². The number of pyridine rings is 1. The molecular weight excluding hydrogens is 667 g/mol. The van der Waals surface area contributed by atoms with Crippen molar-refractivity contribution in [2.75, 3.05) is 43.1 Å². The van der Waals surface area contributed by atoms with Crippen molar-refractivity contribution < 1.29 is 14.3 Å². The van der Waals surface area contributed by atoms with E-state index in [2.05, 4.69) is 32.7 Å². The van der Waals surface area contributed by atoms with Crippen molar-refractivity contribution >= 4 is 63.1 Å². The zero-order chi connectivity index (χ0) is 34.3. The number of carbonyl (C=O) groups excluding carboxylic acids is 2. The minimum absolute atomic E-state index is 0.0563. The fraction of sp³-hybridized carbons (Fsp3) is 0.289. The maximum Gasteiger partial charge on any atom is 0.247 e. The highest BCUT2D eigenvalue weighted by Crippen LogP contribution is 2.41. The molecule has 0 radical (unpaired) electrons. The van der Waals surface area contributed by atoms with Gasteiger partial charge in [-0.3, -0.25) is 19.5 Å². The second-order valence-corrected chi connectivity index (χ2v) is 13.8. The van der Waals surface area contributed by atoms with Crippen LogP contribution < -0.4 is 15.5 Å². The molecule has 256 valence electrons. The number of aromatic nitrogens is 1. The van der Waals surface area contributed by atoms with Crippen LogP contribution >= 0.6 is 24.0 Å². The van der Waals surface area contributed by atoms with E-state index in [0.29, 0.717) is 29.1 Å². The molecular formula is C38H39N7O3S2. The number of rotatable bonds is 9. The van der Waals surface area contributed by atoms with Crippen LogP contribution in [0.4, 0.5) is 17.1 Å². The van der Waals surface area contributed by atoms with Crippen LogP contribution in [0.2, 0.25) is 0 Å². The number of carbonyl (C=O) groups is 2. The van der Waals surface area contributed by atoms with Crippen LogP contribution in [0.1, 0.15) is 34.9 Å². The summed E-state index contributed by atoms with van der Waals surface area (Å²) < 4.78 is 5.49. The minimum atomic E-state index is -0.478. The summed E-state index contributed by atoms with van der Waals surface area (Å²) >= 11 is 7.10. The molecule has 1 aromatic heterocycles. The Morgan fingerprint density at radius 2 is 1.70 bits per heavy atom. The third-order valence-corrected chi connectivity index (χ3v) is 10.6. The Morgan fingerprint density at radius 1 is 0.940 bits per heavy atom. The van der Waals surface area contributed by atoms with Crippen molar-refractivity contribution in [3.63, 3.8) is 0 Å². The van der Waals surface area contributed by atoms with Gasteiger partial charge in [-0.2, -0.15) is 0 Å². The first kappa shape index (κ1) is 33.7. The Bertz CT molecular complexity index is 1820. The van der Waals surface area contributed by atoms with E-state index < -0.39 is 5.25 Å². The van der Waals surface area contributed by atoms with E-state index in [4.69, 9.17) is 21.9 Å². The standard InChI is InChI=1S/C38H39N7O3S2/c46-35(33-10-6-20-44(33)37(49)40-25-27-7-2-1-3-8-27)41-29-13-11-28(12-14-29)34-36(47)45(26-31-9-4-5-19-39-31)38(50-34)42-30-15-17-32(18-16-30)43-21-23-48-24-22-43/h1-5,7-9,11-19,33-34H,6,10,20-26H2,(H,40,49)(H,41,46)/t33-,34?/m0/s1. The maximum absolute atomic E-state index is 13.9. The van der Waals surface area contributed by atoms with Crippen LogP contribution in [0.3, 0.4) is 0 Å². The lowest BCUT2D eigenvalue weighted by Crippen LogP contribution is -2.47. The lowest BCUT2D eigenvalue weighted by Gasteiger charge is -2.28. The fourth-order valence-electron chi connectivity index (χ4n) is 6.35. The van der Waals surface area contributed by atoms with E-state index in [1.54, 1.807) is 11.1 Å². The number of aliphatic imine (C=N–C) groups is 1. The molecule has 4 heterocycles. The molecule has 3 fully saturated rings. The zero-order valence-corrected chi connectivity index (χ0v) is 29.2. The number of benzene rings is 3. The van der Waals surface area contributed by atoms with Gasteiger partial charge in [0.2, 0.25) is 11.8 Å². The summed E-state index contributed by atoms with van der Waals surface area (Å²) in [6, 6.07) is 31.0. The minimum Gasteiger partial charge on any atom is -0.378 e. The van der Waals surface area contributed by atoms with E-state index in [9.17, 15) is 9.59 Å². The molecule has 3 saturated heterocycles. The largest absolute Gasteiger partial charge is 0.378 e. The van der Waals surface area contributed by atoms with Crippen molar-refractivity contribution in [1.82, 2.24) is 20.1 Å². The molecule has 2 N–H and O–H groups in total. The lowest BCUT2D eigenvalue weighted by molar-refractivity contribution is -0.126. The normalized spacial score (nSPS) is 20.0. The predicted molar refractivity (Wildman–Crippen MR) is 202 cm³/mol. The quantitative estimate of drug-likeness (QED) is 0.206. The predicted octanol–water partition coefficient (Wildman–Crippen LogP) is 5.90. The van der Waals surface area contributed by atoms with Gasteiger partial charge >= 0.3 is 0 Å². The van der Waals surface area contributed by atoms with Gasteiger partial charge in [0.15, 0.2) is 10.3 Å². The summed E-state index contributed by atoms with van der Waals surface area (Å²) in [4.78, 5) is 42.7. The number of nitrogens with one attached hydrogen (secondary N) is 2. The van der Waals surface area contributed by atoms with Gasteiger partial charge < -0.3 is 25.2 Å². The smallest absolute Gasteiger partial charge is 0.247 e. The van der Waals surface area contributed by atoms with E-state index >= 15 is 0 Å². The van der Waals surface area contributed by atoms with E-state index in [1.807, 2.05) is 89.8 Å². The van der Waals surface area contributed by atoms with Gasteiger partial charge in [-0.15, -0.1) is 0 Å². The molecule has 0 spiro atoms. The van der Waals surface area contributed by atoms with Crippen molar-refractivity contribution in [2.24, 2.45) is 4.99 Å². The monoisotopic (exact) mass is 705 g/mol. The van der Waals surface area contributed by atoms with Gasteiger partial charge in [0.1, 0.15) is 11.3 Å². The number of thioether (sulfide) groups is 1. The fourth-order valence-corrected chi connectivity index (χ4v) is 7.81. The molecule has 12 heteroatoms. The molecule has 3 aliphatic rings. The summed E-state index contributed by atoms with van der Waals surface area (Å²) in [6.45, 7) is 4.83. The van der Waals surface area contributed by atoms with Gasteiger partial charge in [-0.25, -0.2) is 4.99 Å². The first-order valence-corrected chi connectivity index (χ1v) is 18.2.